The summed E-state index contributed by atoms with van der Waals surface area (Å²) in [6.45, 7) is 4.25. The van der Waals surface area contributed by atoms with Crippen LogP contribution < -0.4 is 5.32 Å². The van der Waals surface area contributed by atoms with Crippen molar-refractivity contribution in [2.75, 3.05) is 26.2 Å². The molecule has 31 heavy (non-hydrogen) atoms. The molecule has 0 radical (unpaired) electrons. The molecule has 0 spiro atoms. The summed E-state index contributed by atoms with van der Waals surface area (Å²) in [7, 11) is 0. The highest BCUT2D eigenvalue weighted by Crippen LogP contribution is 2.34. The lowest BCUT2D eigenvalue weighted by atomic mass is 9.98. The Morgan fingerprint density at radius 3 is 2.74 bits per heavy atom. The lowest BCUT2D eigenvalue weighted by Gasteiger charge is -2.29. The molecule has 2 aromatic rings. The predicted molar refractivity (Wildman–Crippen MR) is 123 cm³/mol. The molecule has 166 valence electrons. The molecule has 7 heteroatoms. The number of amides is 3. The molecule has 0 saturated carbocycles. The molecule has 4 rings (SSSR count). The molecular weight excluding hydrogens is 410 g/mol. The van der Waals surface area contributed by atoms with E-state index >= 15 is 0 Å². The van der Waals surface area contributed by atoms with Crippen LogP contribution in [0.2, 0.25) is 0 Å². The van der Waals surface area contributed by atoms with Gasteiger partial charge in [-0.15, -0.1) is 11.3 Å². The van der Waals surface area contributed by atoms with Gasteiger partial charge in [0.25, 0.3) is 5.91 Å². The number of fused-ring (bicyclic) bond motifs is 1. The van der Waals surface area contributed by atoms with Crippen molar-refractivity contribution in [3.63, 3.8) is 0 Å². The number of hydrogen-bond acceptors (Lipinski definition) is 4. The summed E-state index contributed by atoms with van der Waals surface area (Å²) in [5, 5.41) is 4.14. The zero-order chi connectivity index (χ0) is 21.8. The molecule has 0 aliphatic carbocycles. The van der Waals surface area contributed by atoms with Gasteiger partial charge in [-0.2, -0.15) is 0 Å². The van der Waals surface area contributed by atoms with Crippen molar-refractivity contribution in [2.24, 2.45) is 0 Å². The molecule has 1 N–H and O–H groups in total. The Bertz CT molecular complexity index is 970. The minimum atomic E-state index is -0.0779. The van der Waals surface area contributed by atoms with E-state index in [4.69, 9.17) is 0 Å². The fourth-order valence-corrected chi connectivity index (χ4v) is 6.00. The average molecular weight is 442 g/mol. The Morgan fingerprint density at radius 2 is 1.97 bits per heavy atom. The number of rotatable bonds is 6. The van der Waals surface area contributed by atoms with Gasteiger partial charge in [0.1, 0.15) is 0 Å². The van der Waals surface area contributed by atoms with Gasteiger partial charge in [0.05, 0.1) is 4.88 Å². The highest BCUT2D eigenvalue weighted by Gasteiger charge is 2.27. The second-order valence-corrected chi connectivity index (χ2v) is 9.62. The summed E-state index contributed by atoms with van der Waals surface area (Å²) in [6, 6.07) is 8.27. The monoisotopic (exact) mass is 441 g/mol. The van der Waals surface area contributed by atoms with Crippen LogP contribution in [0.5, 0.6) is 0 Å². The third-order valence-electron chi connectivity index (χ3n) is 6.46. The van der Waals surface area contributed by atoms with E-state index in [1.54, 1.807) is 6.92 Å². The smallest absolute Gasteiger partial charge is 0.261 e. The van der Waals surface area contributed by atoms with Crippen molar-refractivity contribution in [3.8, 4) is 0 Å². The topological polar surface area (TPSA) is 69.7 Å². The van der Waals surface area contributed by atoms with Crippen molar-refractivity contribution >= 4 is 39.1 Å². The number of nitrogens with one attached hydrogen (secondary N) is 1. The van der Waals surface area contributed by atoms with Gasteiger partial charge in [0, 0.05) is 50.3 Å². The summed E-state index contributed by atoms with van der Waals surface area (Å²) >= 11 is 1.52. The number of carbonyl (C=O) groups excluding carboxylic acids is 3. The van der Waals surface area contributed by atoms with Crippen molar-refractivity contribution in [3.05, 3.63) is 34.7 Å². The van der Waals surface area contributed by atoms with Crippen LogP contribution in [0, 0.1) is 0 Å². The first-order valence-electron chi connectivity index (χ1n) is 11.4. The number of nitrogens with zero attached hydrogens (tertiary/aromatic N) is 2. The number of carbonyl (C=O) groups is 3. The maximum atomic E-state index is 13.1. The van der Waals surface area contributed by atoms with E-state index < -0.39 is 0 Å². The highest BCUT2D eigenvalue weighted by atomic mass is 32.1. The normalized spacial score (nSPS) is 19.6. The summed E-state index contributed by atoms with van der Waals surface area (Å²) in [4.78, 5) is 41.8. The van der Waals surface area contributed by atoms with Crippen molar-refractivity contribution < 1.29 is 14.4 Å². The average Bonchev–Trinajstić information content (AvgIpc) is 3.23. The summed E-state index contributed by atoms with van der Waals surface area (Å²) in [5.41, 5.74) is 1.05. The summed E-state index contributed by atoms with van der Waals surface area (Å²) < 4.78 is 1.10. The highest BCUT2D eigenvalue weighted by molar-refractivity contribution is 7.21. The Labute approximate surface area is 187 Å². The van der Waals surface area contributed by atoms with Gasteiger partial charge in [-0.05, 0) is 42.7 Å². The first kappa shape index (κ1) is 21.8. The molecule has 1 unspecified atom stereocenters. The van der Waals surface area contributed by atoms with E-state index in [0.29, 0.717) is 25.9 Å². The van der Waals surface area contributed by atoms with E-state index in [9.17, 15) is 14.4 Å². The van der Waals surface area contributed by atoms with Crippen LogP contribution in [0.3, 0.4) is 0 Å². The molecule has 1 aromatic carbocycles. The van der Waals surface area contributed by atoms with Crippen LogP contribution >= 0.6 is 11.3 Å². The number of thiophene rings is 1. The molecular formula is C24H31N3O3S. The predicted octanol–water partition coefficient (Wildman–Crippen LogP) is 3.59. The van der Waals surface area contributed by atoms with E-state index in [2.05, 4.69) is 17.4 Å². The van der Waals surface area contributed by atoms with Gasteiger partial charge in [0.15, 0.2) is 0 Å². The zero-order valence-electron chi connectivity index (χ0n) is 18.2. The Kier molecular flexibility index (Phi) is 6.90. The zero-order valence-corrected chi connectivity index (χ0v) is 19.0. The molecule has 6 nitrogen and oxygen atoms in total. The molecule has 1 aromatic heterocycles. The number of hydrogen-bond donors (Lipinski definition) is 1. The largest absolute Gasteiger partial charge is 0.350 e. The molecule has 2 saturated heterocycles. The lowest BCUT2D eigenvalue weighted by molar-refractivity contribution is -0.131. The third-order valence-corrected chi connectivity index (χ3v) is 7.68. The van der Waals surface area contributed by atoms with Crippen molar-refractivity contribution in [1.82, 2.24) is 15.1 Å². The molecule has 3 heterocycles. The molecule has 2 aliphatic rings. The Hall–Kier alpha value is -2.41. The van der Waals surface area contributed by atoms with Crippen molar-refractivity contribution in [1.29, 1.82) is 0 Å². The maximum Gasteiger partial charge on any atom is 0.261 e. The number of likely N-dealkylation sites (tertiary alicyclic amines) is 2. The Morgan fingerprint density at radius 1 is 1.13 bits per heavy atom. The van der Waals surface area contributed by atoms with Crippen LogP contribution in [0.25, 0.3) is 10.1 Å². The quantitative estimate of drug-likeness (QED) is 0.745. The van der Waals surface area contributed by atoms with Gasteiger partial charge < -0.3 is 15.1 Å². The van der Waals surface area contributed by atoms with E-state index in [1.165, 1.54) is 11.3 Å². The van der Waals surface area contributed by atoms with Crippen LogP contribution in [0.1, 0.15) is 60.7 Å². The fraction of sp³-hybridized carbons (Fsp3) is 0.542. The number of benzene rings is 1. The molecule has 2 fully saturated rings. The van der Waals surface area contributed by atoms with Crippen molar-refractivity contribution in [2.45, 2.75) is 57.9 Å². The van der Waals surface area contributed by atoms with E-state index in [-0.39, 0.29) is 23.8 Å². The van der Waals surface area contributed by atoms with Crippen LogP contribution in [0.15, 0.2) is 24.3 Å². The second kappa shape index (κ2) is 9.81. The van der Waals surface area contributed by atoms with Crippen LogP contribution in [-0.4, -0.2) is 59.7 Å². The van der Waals surface area contributed by atoms with Crippen LogP contribution in [0.4, 0.5) is 0 Å². The molecule has 2 aliphatic heterocycles. The third kappa shape index (κ3) is 4.92. The van der Waals surface area contributed by atoms with Gasteiger partial charge in [-0.3, -0.25) is 14.4 Å². The van der Waals surface area contributed by atoms with E-state index in [0.717, 1.165) is 65.7 Å². The standard InChI is InChI=1S/C24H31N3O3S/c1-17(28)27-14-6-2-3-8-18(27)16-20-19-9-4-5-10-21(19)31-23(20)24(30)25-12-15-26-13-7-11-22(26)29/h4-5,9-10,18H,2-3,6-8,11-16H2,1H3,(H,25,30). The maximum absolute atomic E-state index is 13.1. The van der Waals surface area contributed by atoms with Gasteiger partial charge in [-0.1, -0.05) is 31.0 Å². The van der Waals surface area contributed by atoms with Gasteiger partial charge >= 0.3 is 0 Å². The van der Waals surface area contributed by atoms with Crippen LogP contribution in [-0.2, 0) is 16.0 Å². The summed E-state index contributed by atoms with van der Waals surface area (Å²) in [5.74, 6) is 0.216. The van der Waals surface area contributed by atoms with Gasteiger partial charge in [-0.25, -0.2) is 0 Å². The summed E-state index contributed by atoms with van der Waals surface area (Å²) in [6.07, 6.45) is 6.50. The second-order valence-electron chi connectivity index (χ2n) is 8.57. The lowest BCUT2D eigenvalue weighted by Crippen LogP contribution is -2.40. The minimum absolute atomic E-state index is 0.0779. The fourth-order valence-electron chi connectivity index (χ4n) is 4.85. The molecule has 3 amide bonds. The Balaban J connectivity index is 1.54. The van der Waals surface area contributed by atoms with E-state index in [1.807, 2.05) is 21.9 Å². The SMILES string of the molecule is CC(=O)N1CCCCCC1Cc1c(C(=O)NCCN2CCCC2=O)sc2ccccc12. The first-order chi connectivity index (χ1) is 15.0. The van der Waals surface area contributed by atoms with Gasteiger partial charge in [0.2, 0.25) is 11.8 Å². The minimum Gasteiger partial charge on any atom is -0.350 e. The molecule has 1 atom stereocenters. The first-order valence-corrected chi connectivity index (χ1v) is 12.2. The molecule has 0 bridgehead atoms.